The molecule has 4 rings (SSSR count). The van der Waals surface area contributed by atoms with Crippen molar-refractivity contribution in [2.45, 2.75) is 117 Å². The molecular weight excluding hydrogens is 888 g/mol. The number of unbranched alkanes of at least 4 members (excludes halogenated alkanes) is 2. The van der Waals surface area contributed by atoms with E-state index in [1.165, 1.54) is 69.9 Å². The van der Waals surface area contributed by atoms with Crippen LogP contribution in [0.5, 0.6) is 5.75 Å². The van der Waals surface area contributed by atoms with Crippen LogP contribution in [0.15, 0.2) is 78.9 Å². The largest absolute Gasteiger partial charge is 0.492 e. The minimum Gasteiger partial charge on any atom is -0.492 e. The van der Waals surface area contributed by atoms with Gasteiger partial charge in [0, 0.05) is 16.7 Å². The van der Waals surface area contributed by atoms with E-state index in [1.807, 2.05) is 19.1 Å². The second-order valence-electron chi connectivity index (χ2n) is 18.0. The number of benzene rings is 3. The second kappa shape index (κ2) is 27.6. The molecule has 0 radical (unpaired) electrons. The predicted octanol–water partition coefficient (Wildman–Crippen LogP) is 10.3. The van der Waals surface area contributed by atoms with Crippen molar-refractivity contribution in [1.29, 1.82) is 0 Å². The highest BCUT2D eigenvalue weighted by Gasteiger charge is 2.38. The van der Waals surface area contributed by atoms with Gasteiger partial charge in [-0.1, -0.05) is 89.1 Å². The van der Waals surface area contributed by atoms with Crippen molar-refractivity contribution < 1.29 is 66.3 Å². The van der Waals surface area contributed by atoms with E-state index in [2.05, 4.69) is 53.8 Å². The van der Waals surface area contributed by atoms with Crippen LogP contribution in [0.4, 0.5) is 4.39 Å². The molecule has 0 N–H and O–H groups in total. The third kappa shape index (κ3) is 17.3. The lowest BCUT2D eigenvalue weighted by Gasteiger charge is -2.32. The Kier molecular flexibility index (Phi) is 22.1. The van der Waals surface area contributed by atoms with E-state index in [0.29, 0.717) is 46.8 Å². The molecular formula is C55H69FO13. The van der Waals surface area contributed by atoms with E-state index in [0.717, 1.165) is 31.3 Å². The van der Waals surface area contributed by atoms with E-state index in [1.54, 1.807) is 19.1 Å². The molecule has 0 atom stereocenters. The van der Waals surface area contributed by atoms with Crippen molar-refractivity contribution in [2.24, 2.45) is 11.3 Å². The Morgan fingerprint density at radius 1 is 0.638 bits per heavy atom. The van der Waals surface area contributed by atoms with Gasteiger partial charge in [-0.2, -0.15) is 0 Å². The predicted molar refractivity (Wildman–Crippen MR) is 258 cm³/mol. The van der Waals surface area contributed by atoms with Crippen LogP contribution >= 0.6 is 0 Å². The van der Waals surface area contributed by atoms with Gasteiger partial charge in [0.1, 0.15) is 56.3 Å². The minimum absolute atomic E-state index is 0.0330. The van der Waals surface area contributed by atoms with E-state index < -0.39 is 86.3 Å². The number of aryl methyl sites for hydroxylation is 2. The highest BCUT2D eigenvalue weighted by atomic mass is 19.1. The SMILES string of the molecule is C=C(C)C(=O)OCCCc1cc(-c2ccc(-c3ccc(C4CCC(CCCCC)CC4)cc3)cc2F)c(CC)cc1OCC(COC(=O)CC(=O)OC)(COC(=O)CC(=O)OC)COC(=O)C(=C)C. The molecule has 1 fully saturated rings. The van der Waals surface area contributed by atoms with Crippen molar-refractivity contribution >= 4 is 35.8 Å². The van der Waals surface area contributed by atoms with E-state index in [4.69, 9.17) is 23.7 Å². The molecule has 0 unspecified atom stereocenters. The average molecular weight is 957 g/mol. The highest BCUT2D eigenvalue weighted by molar-refractivity contribution is 5.92. The Morgan fingerprint density at radius 2 is 1.22 bits per heavy atom. The number of hydrogen-bond acceptors (Lipinski definition) is 13. The van der Waals surface area contributed by atoms with Crippen LogP contribution in [-0.4, -0.2) is 83.1 Å². The van der Waals surface area contributed by atoms with Gasteiger partial charge >= 0.3 is 35.8 Å². The smallest absolute Gasteiger partial charge is 0.333 e. The maximum Gasteiger partial charge on any atom is 0.333 e. The number of carbonyl (C=O) groups excluding carboxylic acids is 6. The molecule has 14 heteroatoms. The van der Waals surface area contributed by atoms with Gasteiger partial charge in [-0.15, -0.1) is 0 Å². The summed E-state index contributed by atoms with van der Waals surface area (Å²) in [6, 6.07) is 17.3. The molecule has 1 aliphatic carbocycles. The van der Waals surface area contributed by atoms with Crippen LogP contribution in [0.1, 0.15) is 121 Å². The number of hydrogen-bond donors (Lipinski definition) is 0. The molecule has 1 saturated carbocycles. The fraction of sp³-hybridized carbons (Fsp3) is 0.491. The van der Waals surface area contributed by atoms with E-state index >= 15 is 4.39 Å². The number of methoxy groups -OCH3 is 2. The fourth-order valence-corrected chi connectivity index (χ4v) is 8.19. The molecule has 0 saturated heterocycles. The maximum absolute atomic E-state index is 16.5. The van der Waals surface area contributed by atoms with Crippen LogP contribution < -0.4 is 4.74 Å². The Morgan fingerprint density at radius 3 is 1.77 bits per heavy atom. The molecule has 3 aromatic rings. The summed E-state index contributed by atoms with van der Waals surface area (Å²) in [5.74, 6) is -3.83. The maximum atomic E-state index is 16.5. The first-order valence-corrected chi connectivity index (χ1v) is 23.8. The molecule has 1 aliphatic rings. The first-order chi connectivity index (χ1) is 33.0. The summed E-state index contributed by atoms with van der Waals surface area (Å²) < 4.78 is 54.0. The van der Waals surface area contributed by atoms with Crippen LogP contribution in [0.2, 0.25) is 0 Å². The molecule has 0 amide bonds. The highest BCUT2D eigenvalue weighted by Crippen LogP contribution is 2.40. The zero-order chi connectivity index (χ0) is 50.5. The Hall–Kier alpha value is -6.31. The van der Waals surface area contributed by atoms with Crippen LogP contribution in [-0.2, 0) is 70.0 Å². The van der Waals surface area contributed by atoms with Gasteiger partial charge in [-0.3, -0.25) is 19.2 Å². The number of halogens is 1. The van der Waals surface area contributed by atoms with Gasteiger partial charge in [0.15, 0.2) is 0 Å². The average Bonchev–Trinajstić information content (AvgIpc) is 3.34. The lowest BCUT2D eigenvalue weighted by molar-refractivity contribution is -0.165. The summed E-state index contributed by atoms with van der Waals surface area (Å²) in [5.41, 5.74) is 3.90. The second-order valence-corrected chi connectivity index (χ2v) is 18.0. The molecule has 0 aliphatic heterocycles. The molecule has 13 nitrogen and oxygen atoms in total. The molecule has 0 spiro atoms. The Balaban J connectivity index is 1.68. The van der Waals surface area contributed by atoms with E-state index in [9.17, 15) is 28.8 Å². The lowest BCUT2D eigenvalue weighted by atomic mass is 9.77. The standard InChI is InChI=1S/C55H69FO13/c1-9-11-12-14-38-16-18-40(19-17-38)41-20-22-42(23-21-41)43-24-25-45(47(56)28-43)46-27-44(15-13-26-65-53(61)36(3)4)48(29-39(46)10-2)66-32-55(35-69-54(62)37(5)6,33-67-51(59)30-49(57)63-7)34-68-52(60)31-50(58)64-8/h20-25,27-29,38,40H,3,5,9-19,26,30-35H2,1-2,4,6-8H3. The summed E-state index contributed by atoms with van der Waals surface area (Å²) >= 11 is 0. The normalized spacial score (nSPS) is 14.5. The first-order valence-electron chi connectivity index (χ1n) is 23.8. The summed E-state index contributed by atoms with van der Waals surface area (Å²) in [7, 11) is 2.21. The monoisotopic (exact) mass is 956 g/mol. The van der Waals surface area contributed by atoms with Gasteiger partial charge < -0.3 is 33.2 Å². The molecule has 3 aromatic carbocycles. The third-order valence-corrected chi connectivity index (χ3v) is 12.4. The van der Waals surface area contributed by atoms with Crippen molar-refractivity contribution in [3.8, 4) is 28.0 Å². The number of esters is 6. The molecule has 69 heavy (non-hydrogen) atoms. The van der Waals surface area contributed by atoms with Gasteiger partial charge in [0.2, 0.25) is 0 Å². The van der Waals surface area contributed by atoms with Crippen molar-refractivity contribution in [3.05, 3.63) is 101 Å². The summed E-state index contributed by atoms with van der Waals surface area (Å²) in [4.78, 5) is 74.3. The Labute approximate surface area is 406 Å². The lowest BCUT2D eigenvalue weighted by Crippen LogP contribution is -2.44. The van der Waals surface area contributed by atoms with Gasteiger partial charge in [-0.05, 0) is 122 Å². The minimum atomic E-state index is -1.63. The van der Waals surface area contributed by atoms with Gasteiger partial charge in [0.25, 0.3) is 0 Å². The van der Waals surface area contributed by atoms with Gasteiger partial charge in [0.05, 0.1) is 20.8 Å². The van der Waals surface area contributed by atoms with Crippen LogP contribution in [0.3, 0.4) is 0 Å². The topological polar surface area (TPSA) is 167 Å². The third-order valence-electron chi connectivity index (χ3n) is 12.4. The summed E-state index contributed by atoms with van der Waals surface area (Å²) in [6.07, 6.45) is 9.68. The molecule has 0 heterocycles. The molecule has 374 valence electrons. The Bertz CT molecular complexity index is 2240. The van der Waals surface area contributed by atoms with Crippen molar-refractivity contribution in [1.82, 2.24) is 0 Å². The molecule has 0 bridgehead atoms. The number of rotatable bonds is 27. The fourth-order valence-electron chi connectivity index (χ4n) is 8.19. The van der Waals surface area contributed by atoms with Crippen LogP contribution in [0.25, 0.3) is 22.3 Å². The first kappa shape index (κ1) is 55.3. The van der Waals surface area contributed by atoms with Crippen molar-refractivity contribution in [3.63, 3.8) is 0 Å². The van der Waals surface area contributed by atoms with Crippen LogP contribution in [0, 0.1) is 17.2 Å². The summed E-state index contributed by atoms with van der Waals surface area (Å²) in [6.45, 7) is 12.3. The van der Waals surface area contributed by atoms with Gasteiger partial charge in [-0.25, -0.2) is 14.0 Å². The van der Waals surface area contributed by atoms with Crippen molar-refractivity contribution in [2.75, 3.05) is 47.3 Å². The number of ether oxygens (including phenoxy) is 7. The molecule has 0 aromatic heterocycles. The number of carbonyl (C=O) groups is 6. The summed E-state index contributed by atoms with van der Waals surface area (Å²) in [5, 5.41) is 0. The zero-order valence-electron chi connectivity index (χ0n) is 41.2. The zero-order valence-corrected chi connectivity index (χ0v) is 41.2. The quantitative estimate of drug-likeness (QED) is 0.0233. The van der Waals surface area contributed by atoms with E-state index in [-0.39, 0.29) is 24.2 Å².